The van der Waals surface area contributed by atoms with Crippen LogP contribution in [-0.2, 0) is 9.47 Å². The largest absolute Gasteiger partial charge is 0.444 e. The van der Waals surface area contributed by atoms with Gasteiger partial charge in [-0.3, -0.25) is 4.90 Å². The smallest absolute Gasteiger partial charge is 0.410 e. The van der Waals surface area contributed by atoms with Gasteiger partial charge in [0.2, 0.25) is 0 Å². The van der Waals surface area contributed by atoms with Crippen molar-refractivity contribution in [1.82, 2.24) is 10.4 Å². The zero-order valence-electron chi connectivity index (χ0n) is 10.0. The predicted octanol–water partition coefficient (Wildman–Crippen LogP) is 0.601. The Labute approximate surface area is 95.5 Å². The lowest BCUT2D eigenvalue weighted by Crippen LogP contribution is -2.53. The van der Waals surface area contributed by atoms with Gasteiger partial charge in [0.15, 0.2) is 0 Å². The Morgan fingerprint density at radius 3 is 2.88 bits per heavy atom. The molecule has 0 aromatic heterocycles. The first kappa shape index (κ1) is 13.2. The Bertz CT molecular complexity index is 237. The van der Waals surface area contributed by atoms with Crippen LogP contribution in [0.25, 0.3) is 0 Å². The molecule has 1 unspecified atom stereocenters. The molecule has 6 nitrogen and oxygen atoms in total. The Balaban J connectivity index is 2.57. The van der Waals surface area contributed by atoms with Crippen LogP contribution in [0.15, 0.2) is 0 Å². The lowest BCUT2D eigenvalue weighted by atomic mass is 10.2. The van der Waals surface area contributed by atoms with Crippen LogP contribution in [-0.4, -0.2) is 54.1 Å². The minimum absolute atomic E-state index is 0.186. The maximum atomic E-state index is 11.8. The Morgan fingerprint density at radius 2 is 2.31 bits per heavy atom. The van der Waals surface area contributed by atoms with Gasteiger partial charge in [-0.05, 0) is 20.8 Å². The van der Waals surface area contributed by atoms with E-state index in [1.165, 1.54) is 0 Å². The van der Waals surface area contributed by atoms with Gasteiger partial charge in [0.1, 0.15) is 5.60 Å². The fraction of sp³-hybridized carbons (Fsp3) is 0.900. The Hall–Kier alpha value is -0.850. The number of rotatable bonds is 2. The van der Waals surface area contributed by atoms with Crippen molar-refractivity contribution >= 4 is 6.09 Å². The van der Waals surface area contributed by atoms with Gasteiger partial charge < -0.3 is 14.7 Å². The van der Waals surface area contributed by atoms with Crippen molar-refractivity contribution in [3.8, 4) is 0 Å². The molecule has 0 aromatic carbocycles. The number of nitrogens with zero attached hydrogens (tertiary/aromatic N) is 1. The zero-order chi connectivity index (χ0) is 12.2. The molecule has 2 N–H and O–H groups in total. The summed E-state index contributed by atoms with van der Waals surface area (Å²) in [5, 5.41) is 8.67. The van der Waals surface area contributed by atoms with E-state index < -0.39 is 5.60 Å². The van der Waals surface area contributed by atoms with Gasteiger partial charge in [-0.15, -0.1) is 0 Å². The van der Waals surface area contributed by atoms with E-state index in [4.69, 9.17) is 14.7 Å². The van der Waals surface area contributed by atoms with Crippen molar-refractivity contribution in [2.24, 2.45) is 0 Å². The summed E-state index contributed by atoms with van der Waals surface area (Å²) in [6.07, 6.45) is -0.365. The van der Waals surface area contributed by atoms with Gasteiger partial charge in [-0.25, -0.2) is 10.3 Å². The van der Waals surface area contributed by atoms with Gasteiger partial charge in [0.05, 0.1) is 19.3 Å². The number of hydrogen-bond acceptors (Lipinski definition) is 5. The number of morpholine rings is 1. The maximum Gasteiger partial charge on any atom is 0.410 e. The fourth-order valence-electron chi connectivity index (χ4n) is 1.49. The van der Waals surface area contributed by atoms with E-state index in [1.54, 1.807) is 4.90 Å². The van der Waals surface area contributed by atoms with E-state index in [-0.39, 0.29) is 18.7 Å². The third-order valence-corrected chi connectivity index (χ3v) is 2.18. The van der Waals surface area contributed by atoms with Crippen molar-refractivity contribution in [2.45, 2.75) is 32.4 Å². The molecule has 1 saturated heterocycles. The van der Waals surface area contributed by atoms with E-state index in [1.807, 2.05) is 20.8 Å². The van der Waals surface area contributed by atoms with Crippen LogP contribution in [0.3, 0.4) is 0 Å². The fourth-order valence-corrected chi connectivity index (χ4v) is 1.49. The topological polar surface area (TPSA) is 71.0 Å². The molecule has 0 spiro atoms. The molecule has 1 heterocycles. The highest BCUT2D eigenvalue weighted by Crippen LogP contribution is 2.14. The third-order valence-electron chi connectivity index (χ3n) is 2.18. The van der Waals surface area contributed by atoms with Gasteiger partial charge >= 0.3 is 6.09 Å². The molecule has 0 aliphatic carbocycles. The van der Waals surface area contributed by atoms with Crippen molar-refractivity contribution in [2.75, 3.05) is 26.3 Å². The highest BCUT2D eigenvalue weighted by molar-refractivity contribution is 5.68. The van der Waals surface area contributed by atoms with Crippen molar-refractivity contribution in [3.63, 3.8) is 0 Å². The summed E-state index contributed by atoms with van der Waals surface area (Å²) in [6.45, 7) is 7.15. The zero-order valence-corrected chi connectivity index (χ0v) is 10.0. The predicted molar refractivity (Wildman–Crippen MR) is 57.3 cm³/mol. The molecule has 1 aliphatic heterocycles. The molecule has 0 bridgehead atoms. The SMILES string of the molecule is CC(C)(C)OC(=O)N1CCOCC1CNO. The van der Waals surface area contributed by atoms with E-state index in [0.717, 1.165) is 0 Å². The van der Waals surface area contributed by atoms with E-state index >= 15 is 0 Å². The molecule has 0 saturated carbocycles. The summed E-state index contributed by atoms with van der Waals surface area (Å²) in [5.74, 6) is 0. The minimum atomic E-state index is -0.507. The third kappa shape index (κ3) is 3.96. The lowest BCUT2D eigenvalue weighted by molar-refractivity contribution is -0.0386. The number of hydroxylamine groups is 1. The first-order valence-electron chi connectivity index (χ1n) is 5.38. The normalized spacial score (nSPS) is 22.0. The quantitative estimate of drug-likeness (QED) is 0.682. The monoisotopic (exact) mass is 232 g/mol. The van der Waals surface area contributed by atoms with Gasteiger partial charge in [-0.2, -0.15) is 0 Å². The van der Waals surface area contributed by atoms with Crippen molar-refractivity contribution in [1.29, 1.82) is 0 Å². The first-order valence-corrected chi connectivity index (χ1v) is 5.38. The van der Waals surface area contributed by atoms with Crippen LogP contribution in [0.1, 0.15) is 20.8 Å². The Kier molecular flexibility index (Phi) is 4.52. The summed E-state index contributed by atoms with van der Waals surface area (Å²) in [5.41, 5.74) is 1.55. The lowest BCUT2D eigenvalue weighted by Gasteiger charge is -2.36. The number of ether oxygens (including phenoxy) is 2. The molecule has 1 aliphatic rings. The standard InChI is InChI=1S/C10H20N2O4/c1-10(2,3)16-9(13)12-4-5-15-7-8(12)6-11-14/h8,11,14H,4-7H2,1-3H3. The molecule has 1 atom stereocenters. The highest BCUT2D eigenvalue weighted by Gasteiger charge is 2.30. The molecule has 1 fully saturated rings. The average Bonchev–Trinajstić information content (AvgIpc) is 2.16. The van der Waals surface area contributed by atoms with Crippen LogP contribution in [0.5, 0.6) is 0 Å². The molecule has 0 radical (unpaired) electrons. The number of hydrogen-bond donors (Lipinski definition) is 2. The number of nitrogens with one attached hydrogen (secondary N) is 1. The van der Waals surface area contributed by atoms with E-state index in [0.29, 0.717) is 19.8 Å². The van der Waals surface area contributed by atoms with Crippen LogP contribution < -0.4 is 5.48 Å². The van der Waals surface area contributed by atoms with E-state index in [9.17, 15) is 4.79 Å². The Morgan fingerprint density at radius 1 is 1.62 bits per heavy atom. The summed E-state index contributed by atoms with van der Waals surface area (Å²) in [7, 11) is 0. The highest BCUT2D eigenvalue weighted by atomic mass is 16.6. The number of carbonyl (C=O) groups is 1. The summed E-state index contributed by atoms with van der Waals surface area (Å²) < 4.78 is 10.5. The first-order chi connectivity index (χ1) is 7.44. The number of amides is 1. The molecular weight excluding hydrogens is 212 g/mol. The van der Waals surface area contributed by atoms with Crippen LogP contribution in [0.4, 0.5) is 4.79 Å². The van der Waals surface area contributed by atoms with Crippen molar-refractivity contribution in [3.05, 3.63) is 0 Å². The molecule has 1 amide bonds. The molecule has 16 heavy (non-hydrogen) atoms. The van der Waals surface area contributed by atoms with Gasteiger partial charge in [-0.1, -0.05) is 0 Å². The van der Waals surface area contributed by atoms with Crippen LogP contribution in [0, 0.1) is 0 Å². The van der Waals surface area contributed by atoms with Gasteiger partial charge in [0, 0.05) is 13.1 Å². The van der Waals surface area contributed by atoms with Crippen molar-refractivity contribution < 1.29 is 19.5 Å². The molecule has 6 heteroatoms. The summed E-state index contributed by atoms with van der Waals surface area (Å²) >= 11 is 0. The molecule has 0 aromatic rings. The second-order valence-corrected chi connectivity index (χ2v) is 4.76. The second-order valence-electron chi connectivity index (χ2n) is 4.76. The van der Waals surface area contributed by atoms with Crippen LogP contribution in [0.2, 0.25) is 0 Å². The van der Waals surface area contributed by atoms with Crippen LogP contribution >= 0.6 is 0 Å². The summed E-state index contributed by atoms with van der Waals surface area (Å²) in [6, 6.07) is -0.186. The summed E-state index contributed by atoms with van der Waals surface area (Å²) in [4.78, 5) is 13.4. The minimum Gasteiger partial charge on any atom is -0.444 e. The second kappa shape index (κ2) is 5.47. The average molecular weight is 232 g/mol. The molecule has 1 rings (SSSR count). The van der Waals surface area contributed by atoms with Gasteiger partial charge in [0.25, 0.3) is 0 Å². The van der Waals surface area contributed by atoms with E-state index in [2.05, 4.69) is 5.48 Å². The number of carbonyl (C=O) groups excluding carboxylic acids is 1. The molecule has 94 valence electrons. The molecular formula is C10H20N2O4. The maximum absolute atomic E-state index is 11.8.